The van der Waals surface area contributed by atoms with Crippen LogP contribution in [-0.4, -0.2) is 4.98 Å². The Labute approximate surface area is 104 Å². The van der Waals surface area contributed by atoms with Crippen molar-refractivity contribution in [2.24, 2.45) is 0 Å². The summed E-state index contributed by atoms with van der Waals surface area (Å²) in [5.41, 5.74) is 2.91. The van der Waals surface area contributed by atoms with Crippen molar-refractivity contribution in [2.45, 2.75) is 5.88 Å². The molecule has 0 saturated carbocycles. The SMILES string of the molecule is ClCc1ccc(Nc2ccncc2Cl)cc1. The number of anilines is 2. The summed E-state index contributed by atoms with van der Waals surface area (Å²) >= 11 is 11.7. The van der Waals surface area contributed by atoms with E-state index in [4.69, 9.17) is 23.2 Å². The number of alkyl halides is 1. The Hall–Kier alpha value is -1.25. The van der Waals surface area contributed by atoms with Crippen molar-refractivity contribution in [3.05, 3.63) is 53.3 Å². The van der Waals surface area contributed by atoms with Crippen LogP contribution in [0.15, 0.2) is 42.7 Å². The molecule has 82 valence electrons. The van der Waals surface area contributed by atoms with Crippen LogP contribution in [0.5, 0.6) is 0 Å². The summed E-state index contributed by atoms with van der Waals surface area (Å²) in [5.74, 6) is 0.524. The summed E-state index contributed by atoms with van der Waals surface area (Å²) in [4.78, 5) is 3.92. The molecule has 1 N–H and O–H groups in total. The first-order valence-electron chi connectivity index (χ1n) is 4.81. The van der Waals surface area contributed by atoms with Crippen LogP contribution in [0.2, 0.25) is 5.02 Å². The second-order valence-corrected chi connectivity index (χ2v) is 3.99. The zero-order valence-corrected chi connectivity index (χ0v) is 9.96. The van der Waals surface area contributed by atoms with Gasteiger partial charge in [0.1, 0.15) is 0 Å². The Kier molecular flexibility index (Phi) is 3.65. The van der Waals surface area contributed by atoms with Crippen molar-refractivity contribution in [1.29, 1.82) is 0 Å². The zero-order valence-electron chi connectivity index (χ0n) is 8.45. The number of hydrogen-bond acceptors (Lipinski definition) is 2. The molecule has 4 heteroatoms. The van der Waals surface area contributed by atoms with E-state index in [0.29, 0.717) is 10.9 Å². The maximum absolute atomic E-state index is 5.99. The van der Waals surface area contributed by atoms with Gasteiger partial charge < -0.3 is 5.32 Å². The van der Waals surface area contributed by atoms with Crippen molar-refractivity contribution < 1.29 is 0 Å². The minimum atomic E-state index is 0.524. The highest BCUT2D eigenvalue weighted by Gasteiger charge is 1.99. The molecule has 1 heterocycles. The van der Waals surface area contributed by atoms with Gasteiger partial charge in [-0.15, -0.1) is 11.6 Å². The third kappa shape index (κ3) is 2.65. The standard InChI is InChI=1S/C12H10Cl2N2/c13-7-9-1-3-10(4-2-9)16-12-5-6-15-8-11(12)14/h1-6,8H,7H2,(H,15,16). The molecule has 0 spiro atoms. The fraction of sp³-hybridized carbons (Fsp3) is 0.0833. The third-order valence-corrected chi connectivity index (χ3v) is 2.77. The van der Waals surface area contributed by atoms with Gasteiger partial charge in [-0.1, -0.05) is 23.7 Å². The maximum atomic E-state index is 5.99. The highest BCUT2D eigenvalue weighted by atomic mass is 35.5. The molecule has 0 atom stereocenters. The number of halogens is 2. The number of hydrogen-bond donors (Lipinski definition) is 1. The lowest BCUT2D eigenvalue weighted by atomic mass is 10.2. The molecular formula is C12H10Cl2N2. The zero-order chi connectivity index (χ0) is 11.4. The fourth-order valence-corrected chi connectivity index (χ4v) is 1.65. The molecule has 0 amide bonds. The van der Waals surface area contributed by atoms with Crippen LogP contribution in [0, 0.1) is 0 Å². The van der Waals surface area contributed by atoms with Crippen LogP contribution in [-0.2, 0) is 5.88 Å². The van der Waals surface area contributed by atoms with Crippen LogP contribution in [0.3, 0.4) is 0 Å². The summed E-state index contributed by atoms with van der Waals surface area (Å²) < 4.78 is 0. The molecule has 0 fully saturated rings. The van der Waals surface area contributed by atoms with Crippen LogP contribution in [0.1, 0.15) is 5.56 Å². The van der Waals surface area contributed by atoms with Crippen LogP contribution < -0.4 is 5.32 Å². The van der Waals surface area contributed by atoms with Gasteiger partial charge in [0.05, 0.1) is 10.7 Å². The molecule has 0 saturated heterocycles. The minimum Gasteiger partial charge on any atom is -0.354 e. The molecule has 2 rings (SSSR count). The second kappa shape index (κ2) is 5.19. The van der Waals surface area contributed by atoms with Crippen molar-refractivity contribution in [3.63, 3.8) is 0 Å². The lowest BCUT2D eigenvalue weighted by Crippen LogP contribution is -1.91. The van der Waals surface area contributed by atoms with E-state index in [0.717, 1.165) is 16.9 Å². The predicted octanol–water partition coefficient (Wildman–Crippen LogP) is 4.22. The summed E-state index contributed by atoms with van der Waals surface area (Å²) in [6.07, 6.45) is 3.30. The number of nitrogens with zero attached hydrogens (tertiary/aromatic N) is 1. The summed E-state index contributed by atoms with van der Waals surface area (Å²) in [6, 6.07) is 9.72. The summed E-state index contributed by atoms with van der Waals surface area (Å²) in [6.45, 7) is 0. The summed E-state index contributed by atoms with van der Waals surface area (Å²) in [5, 5.41) is 3.81. The van der Waals surface area contributed by atoms with Gasteiger partial charge in [-0.25, -0.2) is 0 Å². The van der Waals surface area contributed by atoms with E-state index in [1.807, 2.05) is 30.3 Å². The number of nitrogens with one attached hydrogen (secondary N) is 1. The van der Waals surface area contributed by atoms with E-state index >= 15 is 0 Å². The van der Waals surface area contributed by atoms with E-state index < -0.39 is 0 Å². The molecule has 0 aliphatic heterocycles. The molecule has 0 aliphatic carbocycles. The minimum absolute atomic E-state index is 0.524. The Morgan fingerprint density at radius 3 is 2.50 bits per heavy atom. The van der Waals surface area contributed by atoms with Crippen LogP contribution in [0.25, 0.3) is 0 Å². The maximum Gasteiger partial charge on any atom is 0.0824 e. The van der Waals surface area contributed by atoms with E-state index in [1.165, 1.54) is 0 Å². The Morgan fingerprint density at radius 2 is 1.88 bits per heavy atom. The van der Waals surface area contributed by atoms with Crippen molar-refractivity contribution in [2.75, 3.05) is 5.32 Å². The second-order valence-electron chi connectivity index (χ2n) is 3.31. The lowest BCUT2D eigenvalue weighted by Gasteiger charge is -2.07. The van der Waals surface area contributed by atoms with E-state index in [9.17, 15) is 0 Å². The predicted molar refractivity (Wildman–Crippen MR) is 68.5 cm³/mol. The molecule has 2 aromatic rings. The first-order valence-corrected chi connectivity index (χ1v) is 5.72. The highest BCUT2D eigenvalue weighted by Crippen LogP contribution is 2.24. The van der Waals surface area contributed by atoms with Crippen molar-refractivity contribution in [3.8, 4) is 0 Å². The highest BCUT2D eigenvalue weighted by molar-refractivity contribution is 6.33. The molecule has 0 radical (unpaired) electrons. The smallest absolute Gasteiger partial charge is 0.0824 e. The van der Waals surface area contributed by atoms with Crippen LogP contribution >= 0.6 is 23.2 Å². The average molecular weight is 253 g/mol. The van der Waals surface area contributed by atoms with E-state index in [-0.39, 0.29) is 0 Å². The third-order valence-electron chi connectivity index (χ3n) is 2.16. The van der Waals surface area contributed by atoms with Crippen molar-refractivity contribution in [1.82, 2.24) is 4.98 Å². The van der Waals surface area contributed by atoms with E-state index in [1.54, 1.807) is 12.4 Å². The fourth-order valence-electron chi connectivity index (χ4n) is 1.31. The lowest BCUT2D eigenvalue weighted by molar-refractivity contribution is 1.32. The quantitative estimate of drug-likeness (QED) is 0.828. The van der Waals surface area contributed by atoms with Gasteiger partial charge in [0.15, 0.2) is 0 Å². The molecule has 1 aromatic carbocycles. The first kappa shape index (κ1) is 11.2. The Morgan fingerprint density at radius 1 is 1.12 bits per heavy atom. The number of benzene rings is 1. The number of rotatable bonds is 3. The number of pyridine rings is 1. The topological polar surface area (TPSA) is 24.9 Å². The van der Waals surface area contributed by atoms with Gasteiger partial charge in [0, 0.05) is 24.0 Å². The molecule has 0 bridgehead atoms. The Balaban J connectivity index is 2.18. The normalized spacial score (nSPS) is 10.1. The van der Waals surface area contributed by atoms with Crippen molar-refractivity contribution >= 4 is 34.6 Å². The molecule has 0 unspecified atom stereocenters. The monoisotopic (exact) mass is 252 g/mol. The first-order chi connectivity index (χ1) is 7.79. The van der Waals surface area contributed by atoms with E-state index in [2.05, 4.69) is 10.3 Å². The molecule has 2 nitrogen and oxygen atoms in total. The molecule has 1 aromatic heterocycles. The van der Waals surface area contributed by atoms with Gasteiger partial charge in [0.25, 0.3) is 0 Å². The average Bonchev–Trinajstić information content (AvgIpc) is 2.33. The van der Waals surface area contributed by atoms with Crippen LogP contribution in [0.4, 0.5) is 11.4 Å². The Bertz CT molecular complexity index is 469. The molecule has 0 aliphatic rings. The van der Waals surface area contributed by atoms with Gasteiger partial charge in [-0.05, 0) is 23.8 Å². The van der Waals surface area contributed by atoms with Gasteiger partial charge in [0.2, 0.25) is 0 Å². The van der Waals surface area contributed by atoms with Gasteiger partial charge in [-0.3, -0.25) is 4.98 Å². The summed E-state index contributed by atoms with van der Waals surface area (Å²) in [7, 11) is 0. The number of aromatic nitrogens is 1. The van der Waals surface area contributed by atoms with Gasteiger partial charge >= 0.3 is 0 Å². The molecular weight excluding hydrogens is 243 g/mol. The largest absolute Gasteiger partial charge is 0.354 e. The molecule has 16 heavy (non-hydrogen) atoms. The van der Waals surface area contributed by atoms with Gasteiger partial charge in [-0.2, -0.15) is 0 Å².